The molecule has 1 aromatic carbocycles. The van der Waals surface area contributed by atoms with Crippen LogP contribution in [0.1, 0.15) is 39.5 Å². The van der Waals surface area contributed by atoms with E-state index in [2.05, 4.69) is 9.72 Å². The average Bonchev–Trinajstić information content (AvgIpc) is 3.06. The normalized spacial score (nSPS) is 20.1. The van der Waals surface area contributed by atoms with Gasteiger partial charge in [-0.3, -0.25) is 4.57 Å². The number of alkyl halides is 4. The van der Waals surface area contributed by atoms with Crippen LogP contribution in [0.4, 0.5) is 26.3 Å². The lowest BCUT2D eigenvalue weighted by Gasteiger charge is -2.34. The number of ether oxygens (including phenoxy) is 3. The van der Waals surface area contributed by atoms with Gasteiger partial charge in [-0.05, 0) is 25.7 Å². The third-order valence-corrected chi connectivity index (χ3v) is 5.56. The molecule has 1 saturated heterocycles. The first-order valence-corrected chi connectivity index (χ1v) is 10.8. The van der Waals surface area contributed by atoms with Crippen molar-refractivity contribution in [1.82, 2.24) is 9.55 Å². The van der Waals surface area contributed by atoms with Crippen molar-refractivity contribution in [2.75, 3.05) is 13.2 Å². The van der Waals surface area contributed by atoms with Gasteiger partial charge < -0.3 is 19.0 Å². The molecule has 3 atom stereocenters. The smallest absolute Gasteiger partial charge is 0.297 e. The first kappa shape index (κ1) is 26.1. The van der Waals surface area contributed by atoms with Crippen LogP contribution in [-0.2, 0) is 16.6 Å². The third kappa shape index (κ3) is 5.94. The topological polar surface area (TPSA) is 62.6 Å². The zero-order valence-electron chi connectivity index (χ0n) is 18.9. The summed E-state index contributed by atoms with van der Waals surface area (Å²) >= 11 is 0. The summed E-state index contributed by atoms with van der Waals surface area (Å²) in [6, 6.07) is 0.438. The lowest BCUT2D eigenvalue weighted by molar-refractivity contribution is -0.178. The molecule has 0 saturated carbocycles. The van der Waals surface area contributed by atoms with Crippen molar-refractivity contribution in [3.05, 3.63) is 17.7 Å². The Balaban J connectivity index is 1.68. The molecule has 0 aliphatic carbocycles. The van der Waals surface area contributed by atoms with Crippen LogP contribution in [0.3, 0.4) is 0 Å². The van der Waals surface area contributed by atoms with Crippen LogP contribution in [0.15, 0.2) is 6.07 Å². The van der Waals surface area contributed by atoms with E-state index >= 15 is 0 Å². The lowest BCUT2D eigenvalue weighted by atomic mass is 9.92. The molecule has 2 heterocycles. The molecule has 0 radical (unpaired) electrons. The van der Waals surface area contributed by atoms with E-state index in [1.165, 1.54) is 14.0 Å². The fourth-order valence-corrected chi connectivity index (χ4v) is 4.08. The molecule has 1 aromatic heterocycles. The molecule has 0 spiro atoms. The van der Waals surface area contributed by atoms with Gasteiger partial charge in [-0.2, -0.15) is 4.98 Å². The predicted octanol–water partition coefficient (Wildman–Crippen LogP) is 5.06. The molecular weight excluding hydrogens is 470 g/mol. The van der Waals surface area contributed by atoms with Gasteiger partial charge >= 0.3 is 0 Å². The van der Waals surface area contributed by atoms with Crippen LogP contribution in [0.25, 0.3) is 11.0 Å². The molecule has 190 valence electrons. The van der Waals surface area contributed by atoms with Crippen LogP contribution >= 0.6 is 0 Å². The van der Waals surface area contributed by atoms with Crippen molar-refractivity contribution in [3.8, 4) is 11.8 Å². The van der Waals surface area contributed by atoms with Crippen molar-refractivity contribution in [2.45, 2.75) is 64.1 Å². The van der Waals surface area contributed by atoms with E-state index in [9.17, 15) is 31.1 Å². The van der Waals surface area contributed by atoms with Crippen molar-refractivity contribution in [1.29, 1.82) is 0 Å². The number of carbonyl (C=O) groups is 1. The Kier molecular flexibility index (Phi) is 7.99. The summed E-state index contributed by atoms with van der Waals surface area (Å²) in [7, 11) is 1.33. The summed E-state index contributed by atoms with van der Waals surface area (Å²) in [5, 5.41) is 0. The number of halogens is 6. The molecule has 3 rings (SSSR count). The molecule has 1 aliphatic rings. The number of ketones is 1. The van der Waals surface area contributed by atoms with E-state index in [1.807, 2.05) is 0 Å². The van der Waals surface area contributed by atoms with Crippen LogP contribution in [0, 0.1) is 17.6 Å². The minimum Gasteiger partial charge on any atom is -0.484 e. The van der Waals surface area contributed by atoms with Gasteiger partial charge in [0.1, 0.15) is 35.6 Å². The third-order valence-electron chi connectivity index (χ3n) is 5.56. The monoisotopic (exact) mass is 496 g/mol. The van der Waals surface area contributed by atoms with E-state index in [0.29, 0.717) is 6.07 Å². The van der Waals surface area contributed by atoms with Gasteiger partial charge in [-0.1, -0.05) is 6.92 Å². The zero-order chi connectivity index (χ0) is 25.2. The second kappa shape index (κ2) is 10.4. The SMILES string of the molecule is CC(=O)C[C@@H](C)CC(F)(F)[C@@H]1CC[C@@H](Oc2nc3c(F)cc(OCC(F)F)c(F)c3n2C)CO1. The van der Waals surface area contributed by atoms with Crippen LogP contribution in [0.5, 0.6) is 11.8 Å². The van der Waals surface area contributed by atoms with Crippen molar-refractivity contribution >= 4 is 16.8 Å². The summed E-state index contributed by atoms with van der Waals surface area (Å²) in [6.45, 7) is 1.63. The molecule has 0 amide bonds. The second-order valence-corrected chi connectivity index (χ2v) is 8.64. The molecule has 12 heteroatoms. The number of imidazole rings is 1. The van der Waals surface area contributed by atoms with Crippen LogP contribution in [-0.4, -0.2) is 53.1 Å². The number of fused-ring (bicyclic) bond motifs is 1. The maximum atomic E-state index is 14.7. The van der Waals surface area contributed by atoms with Crippen molar-refractivity contribution in [2.24, 2.45) is 13.0 Å². The van der Waals surface area contributed by atoms with Gasteiger partial charge in [0.05, 0.1) is 6.61 Å². The summed E-state index contributed by atoms with van der Waals surface area (Å²) in [4.78, 5) is 15.1. The largest absolute Gasteiger partial charge is 0.484 e. The first-order chi connectivity index (χ1) is 15.9. The van der Waals surface area contributed by atoms with Crippen molar-refractivity contribution < 1.29 is 45.3 Å². The molecule has 6 nitrogen and oxygen atoms in total. The number of hydrogen-bond acceptors (Lipinski definition) is 5. The van der Waals surface area contributed by atoms with E-state index in [1.54, 1.807) is 6.92 Å². The number of aromatic nitrogens is 2. The molecule has 0 N–H and O–H groups in total. The Morgan fingerprint density at radius 3 is 2.62 bits per heavy atom. The van der Waals surface area contributed by atoms with Gasteiger partial charge in [0.25, 0.3) is 18.4 Å². The summed E-state index contributed by atoms with van der Waals surface area (Å²) in [5.41, 5.74) is -0.736. The number of hydrogen-bond donors (Lipinski definition) is 0. The van der Waals surface area contributed by atoms with E-state index < -0.39 is 60.9 Å². The standard InChI is InChI=1S/C22H26F6N2O4/c1-11(6-12(2)31)8-22(27,28)16-5-4-13(9-33-16)34-21-29-19-14(23)7-15(32-10-17(24)25)18(26)20(19)30(21)3/h7,11,13,16-17H,4-6,8-10H2,1-3H3/t11-,13-,16+/m1/s1. The Hall–Kier alpha value is -2.50. The minimum absolute atomic E-state index is 0.0251. The Morgan fingerprint density at radius 1 is 1.32 bits per heavy atom. The highest BCUT2D eigenvalue weighted by atomic mass is 19.3. The summed E-state index contributed by atoms with van der Waals surface area (Å²) in [5.74, 6) is -6.55. The van der Waals surface area contributed by atoms with Crippen LogP contribution in [0.2, 0.25) is 0 Å². The Morgan fingerprint density at radius 2 is 2.03 bits per heavy atom. The minimum atomic E-state index is -3.13. The highest BCUT2D eigenvalue weighted by molar-refractivity contribution is 5.80. The number of Topliss-reactive ketones (excluding diaryl/α,β-unsaturated/α-hetero) is 1. The van der Waals surface area contributed by atoms with E-state index in [4.69, 9.17) is 9.47 Å². The number of aryl methyl sites for hydroxylation is 1. The molecule has 0 unspecified atom stereocenters. The van der Waals surface area contributed by atoms with E-state index in [0.717, 1.165) is 4.57 Å². The number of rotatable bonds is 10. The van der Waals surface area contributed by atoms with Gasteiger partial charge in [-0.15, -0.1) is 0 Å². The molecule has 2 aromatic rings. The second-order valence-electron chi connectivity index (χ2n) is 8.64. The molecular formula is C22H26F6N2O4. The fourth-order valence-electron chi connectivity index (χ4n) is 4.08. The van der Waals surface area contributed by atoms with Gasteiger partial charge in [0, 0.05) is 26.0 Å². The van der Waals surface area contributed by atoms with E-state index in [-0.39, 0.29) is 48.7 Å². The Bertz CT molecular complexity index is 1020. The number of nitrogens with zero attached hydrogens (tertiary/aromatic N) is 2. The number of benzene rings is 1. The summed E-state index contributed by atoms with van der Waals surface area (Å²) < 4.78 is 99.7. The Labute approximate surface area is 192 Å². The lowest BCUT2D eigenvalue weighted by Crippen LogP contribution is -2.44. The highest BCUT2D eigenvalue weighted by Gasteiger charge is 2.44. The molecule has 1 aliphatic heterocycles. The number of carbonyl (C=O) groups excluding carboxylic acids is 1. The predicted molar refractivity (Wildman–Crippen MR) is 110 cm³/mol. The quantitative estimate of drug-likeness (QED) is 0.431. The van der Waals surface area contributed by atoms with Gasteiger partial charge in [-0.25, -0.2) is 26.3 Å². The first-order valence-electron chi connectivity index (χ1n) is 10.8. The van der Waals surface area contributed by atoms with Gasteiger partial charge in [0.2, 0.25) is 0 Å². The highest BCUT2D eigenvalue weighted by Crippen LogP contribution is 2.36. The fraction of sp³-hybridized carbons (Fsp3) is 0.636. The molecule has 1 fully saturated rings. The average molecular weight is 496 g/mol. The zero-order valence-corrected chi connectivity index (χ0v) is 18.9. The van der Waals surface area contributed by atoms with Crippen LogP contribution < -0.4 is 9.47 Å². The molecule has 0 bridgehead atoms. The maximum Gasteiger partial charge on any atom is 0.297 e. The van der Waals surface area contributed by atoms with Crippen molar-refractivity contribution in [3.63, 3.8) is 0 Å². The maximum absolute atomic E-state index is 14.7. The molecule has 34 heavy (non-hydrogen) atoms. The van der Waals surface area contributed by atoms with Gasteiger partial charge in [0.15, 0.2) is 17.4 Å². The summed E-state index contributed by atoms with van der Waals surface area (Å²) in [6.07, 6.45) is -5.18.